The zero-order valence-corrected chi connectivity index (χ0v) is 20.3. The molecule has 0 saturated heterocycles. The van der Waals surface area contributed by atoms with Crippen molar-refractivity contribution in [1.82, 2.24) is 4.98 Å². The Bertz CT molecular complexity index is 1720. The van der Waals surface area contributed by atoms with Gasteiger partial charge in [-0.1, -0.05) is 78.9 Å². The van der Waals surface area contributed by atoms with Crippen molar-refractivity contribution in [2.45, 2.75) is 0 Å². The minimum atomic E-state index is -3.49. The lowest BCUT2D eigenvalue weighted by molar-refractivity contribution is 0.582. The van der Waals surface area contributed by atoms with E-state index in [0.717, 1.165) is 49.7 Å². The van der Waals surface area contributed by atoms with Crippen LogP contribution in [0.15, 0.2) is 134 Å². The van der Waals surface area contributed by atoms with Crippen LogP contribution in [0.5, 0.6) is 0 Å². The minimum Gasteiger partial charge on any atom is -0.270 e. The van der Waals surface area contributed by atoms with E-state index < -0.39 is 7.44 Å². The number of hydrogen-bond acceptors (Lipinski definition) is 2. The van der Waals surface area contributed by atoms with E-state index in [9.17, 15) is 0 Å². The molecular weight excluding hydrogens is 461 g/mol. The fourth-order valence-electron chi connectivity index (χ4n) is 5.29. The van der Waals surface area contributed by atoms with Crippen molar-refractivity contribution in [3.8, 4) is 0 Å². The van der Waals surface area contributed by atoms with E-state index in [4.69, 9.17) is 4.98 Å². The van der Waals surface area contributed by atoms with Gasteiger partial charge < -0.3 is 0 Å². The number of pyridine rings is 1. The molecule has 6 aromatic rings. The highest BCUT2D eigenvalue weighted by Gasteiger charge is 2.49. The Balaban J connectivity index is 1.64. The number of aromatic nitrogens is 1. The van der Waals surface area contributed by atoms with Crippen molar-refractivity contribution < 1.29 is 4.57 Å². The molecule has 7 rings (SSSR count). The Hall–Kier alpha value is -4.40. The zero-order valence-electron chi connectivity index (χ0n) is 19.4. The first-order chi connectivity index (χ1) is 17.8. The van der Waals surface area contributed by atoms with Gasteiger partial charge in [0.25, 0.3) is 0 Å². The van der Waals surface area contributed by atoms with Crippen molar-refractivity contribution in [2.24, 2.45) is 0 Å². The number of rotatable bonds is 3. The van der Waals surface area contributed by atoms with E-state index in [1.165, 1.54) is 0 Å². The van der Waals surface area contributed by atoms with Gasteiger partial charge in [0.05, 0.1) is 22.2 Å². The van der Waals surface area contributed by atoms with Crippen molar-refractivity contribution in [1.29, 1.82) is 0 Å². The third kappa shape index (κ3) is 2.95. The van der Waals surface area contributed by atoms with Gasteiger partial charge in [0.2, 0.25) is 0 Å². The number of para-hydroxylation sites is 4. The molecule has 0 spiro atoms. The molecule has 0 saturated carbocycles. The Morgan fingerprint density at radius 3 is 1.72 bits per heavy atom. The molecule has 1 aliphatic heterocycles. The third-order valence-corrected chi connectivity index (χ3v) is 9.77. The van der Waals surface area contributed by atoms with Crippen LogP contribution in [0.3, 0.4) is 0 Å². The second kappa shape index (κ2) is 8.08. The molecule has 0 radical (unpaired) electrons. The molecule has 0 atom stereocenters. The van der Waals surface area contributed by atoms with Crippen molar-refractivity contribution in [2.75, 3.05) is 9.34 Å². The van der Waals surface area contributed by atoms with Crippen LogP contribution in [-0.4, -0.2) is 4.98 Å². The van der Waals surface area contributed by atoms with Crippen LogP contribution >= 0.6 is 7.44 Å². The van der Waals surface area contributed by atoms with Gasteiger partial charge in [-0.2, -0.15) is 0 Å². The zero-order chi connectivity index (χ0) is 24.1. The maximum absolute atomic E-state index is 16.0. The summed E-state index contributed by atoms with van der Waals surface area (Å²) in [4.78, 5) is 4.76. The lowest BCUT2D eigenvalue weighted by Gasteiger charge is -2.34. The number of hydrogen-bond donors (Lipinski definition) is 0. The van der Waals surface area contributed by atoms with Crippen LogP contribution in [0.2, 0.25) is 0 Å². The maximum Gasteiger partial charge on any atom is 0.302 e. The van der Waals surface area contributed by atoms with Gasteiger partial charge in [-0.25, -0.2) is 0 Å². The normalized spacial score (nSPS) is 14.3. The van der Waals surface area contributed by atoms with Crippen LogP contribution in [0.4, 0.5) is 22.7 Å². The molecule has 0 bridgehead atoms. The lowest BCUT2D eigenvalue weighted by Crippen LogP contribution is -2.27. The number of fused-ring (bicyclic) bond motifs is 4. The predicted octanol–water partition coefficient (Wildman–Crippen LogP) is 8.20. The molecule has 2 heterocycles. The fourth-order valence-corrected chi connectivity index (χ4v) is 8.52. The summed E-state index contributed by atoms with van der Waals surface area (Å²) in [6.45, 7) is 0. The summed E-state index contributed by atoms with van der Waals surface area (Å²) in [5.41, 5.74) is 4.47. The van der Waals surface area contributed by atoms with Crippen molar-refractivity contribution in [3.05, 3.63) is 134 Å². The first kappa shape index (κ1) is 20.9. The van der Waals surface area contributed by atoms with Gasteiger partial charge in [0.1, 0.15) is 0 Å². The molecule has 0 N–H and O–H groups in total. The Morgan fingerprint density at radius 2 is 1.08 bits per heavy atom. The van der Waals surface area contributed by atoms with Crippen LogP contribution in [0.1, 0.15) is 0 Å². The SMILES string of the molecule is O=P1(c2cccc3ccc4cccnc4c23)N(c2ccccc2)c2ccccc2N1c1ccccc1. The Labute approximate surface area is 209 Å². The summed E-state index contributed by atoms with van der Waals surface area (Å²) in [7, 11) is -3.49. The smallest absolute Gasteiger partial charge is 0.270 e. The summed E-state index contributed by atoms with van der Waals surface area (Å²) in [5, 5.41) is 3.74. The Morgan fingerprint density at radius 1 is 0.528 bits per heavy atom. The third-order valence-electron chi connectivity index (χ3n) is 6.79. The molecule has 1 aromatic heterocycles. The number of nitrogens with zero attached hydrogens (tertiary/aromatic N) is 3. The highest BCUT2D eigenvalue weighted by atomic mass is 31.2. The van der Waals surface area contributed by atoms with Gasteiger partial charge in [0.15, 0.2) is 0 Å². The topological polar surface area (TPSA) is 36.4 Å². The van der Waals surface area contributed by atoms with E-state index in [2.05, 4.69) is 36.4 Å². The molecule has 0 unspecified atom stereocenters. The van der Waals surface area contributed by atoms with E-state index in [1.807, 2.05) is 107 Å². The average Bonchev–Trinajstić information content (AvgIpc) is 3.22. The summed E-state index contributed by atoms with van der Waals surface area (Å²) >= 11 is 0. The molecule has 0 fully saturated rings. The quantitative estimate of drug-likeness (QED) is 0.188. The van der Waals surface area contributed by atoms with Crippen LogP contribution in [0, 0.1) is 0 Å². The van der Waals surface area contributed by atoms with Gasteiger partial charge in [-0.15, -0.1) is 0 Å². The summed E-state index contributed by atoms with van der Waals surface area (Å²) in [6.07, 6.45) is 1.81. The maximum atomic E-state index is 16.0. The Kier molecular flexibility index (Phi) is 4.70. The first-order valence-corrected chi connectivity index (χ1v) is 13.6. The molecule has 1 aliphatic rings. The molecule has 0 amide bonds. The fraction of sp³-hybridized carbons (Fsp3) is 0. The lowest BCUT2D eigenvalue weighted by atomic mass is 10.1. The van der Waals surface area contributed by atoms with Crippen molar-refractivity contribution in [3.63, 3.8) is 0 Å². The van der Waals surface area contributed by atoms with E-state index in [1.54, 1.807) is 0 Å². The summed E-state index contributed by atoms with van der Waals surface area (Å²) in [5.74, 6) is 0. The molecule has 172 valence electrons. The van der Waals surface area contributed by atoms with Gasteiger partial charge in [-0.3, -0.25) is 18.9 Å². The van der Waals surface area contributed by atoms with E-state index in [0.29, 0.717) is 0 Å². The van der Waals surface area contributed by atoms with Crippen LogP contribution in [0.25, 0.3) is 21.7 Å². The molecule has 5 aromatic carbocycles. The van der Waals surface area contributed by atoms with E-state index >= 15 is 4.57 Å². The minimum absolute atomic E-state index is 0.771. The molecule has 0 aliphatic carbocycles. The average molecular weight is 484 g/mol. The first-order valence-electron chi connectivity index (χ1n) is 11.9. The molecule has 36 heavy (non-hydrogen) atoms. The van der Waals surface area contributed by atoms with Crippen LogP contribution < -0.4 is 14.6 Å². The highest BCUT2D eigenvalue weighted by Crippen LogP contribution is 2.70. The van der Waals surface area contributed by atoms with E-state index in [-0.39, 0.29) is 0 Å². The summed E-state index contributed by atoms with van der Waals surface area (Å²) < 4.78 is 20.1. The highest BCUT2D eigenvalue weighted by molar-refractivity contribution is 7.76. The van der Waals surface area contributed by atoms with Gasteiger partial charge in [-0.05, 0) is 53.9 Å². The largest absolute Gasteiger partial charge is 0.302 e. The van der Waals surface area contributed by atoms with Gasteiger partial charge >= 0.3 is 7.44 Å². The number of anilines is 4. The molecular formula is C31H22N3OP. The predicted molar refractivity (Wildman–Crippen MR) is 150 cm³/mol. The monoisotopic (exact) mass is 483 g/mol. The standard InChI is InChI=1S/C31H22N3OP/c35-36(29-19-9-11-23-20-21-24-12-10-22-32-31(24)30(23)29)33(25-13-3-1-4-14-25)27-17-7-8-18-28(27)34(36)26-15-5-2-6-16-26/h1-22H. The second-order valence-electron chi connectivity index (χ2n) is 8.84. The summed E-state index contributed by atoms with van der Waals surface area (Å²) in [6, 6.07) is 42.4. The van der Waals surface area contributed by atoms with Gasteiger partial charge in [0, 0.05) is 28.3 Å². The second-order valence-corrected chi connectivity index (χ2v) is 11.2. The molecule has 5 heteroatoms. The molecule has 4 nitrogen and oxygen atoms in total. The van der Waals surface area contributed by atoms with Crippen LogP contribution in [-0.2, 0) is 4.57 Å². The van der Waals surface area contributed by atoms with Crippen molar-refractivity contribution >= 4 is 57.2 Å². The number of benzene rings is 5.